The van der Waals surface area contributed by atoms with Gasteiger partial charge in [0, 0.05) is 5.56 Å². The van der Waals surface area contributed by atoms with Gasteiger partial charge in [-0.3, -0.25) is 4.79 Å². The van der Waals surface area contributed by atoms with Crippen LogP contribution in [0, 0.1) is 11.6 Å². The standard InChI is InChI=1S/C16H12ClF2NO3/c17-12-5-9(6-13(19)15(12)21)16(22)20-11-4-8-3-10(18)1-2-14(8)23-7-11/h1-3,5-6,11,21H,4,7H2,(H,20,22). The summed E-state index contributed by atoms with van der Waals surface area (Å²) < 4.78 is 32.2. The van der Waals surface area contributed by atoms with Crippen molar-refractivity contribution in [3.8, 4) is 11.5 Å². The van der Waals surface area contributed by atoms with Crippen molar-refractivity contribution >= 4 is 17.5 Å². The first-order chi connectivity index (χ1) is 10.9. The first kappa shape index (κ1) is 15.6. The molecule has 2 aromatic carbocycles. The molecular formula is C16H12ClF2NO3. The maximum absolute atomic E-state index is 13.4. The van der Waals surface area contributed by atoms with E-state index in [0.717, 1.165) is 6.07 Å². The Hall–Kier alpha value is -2.34. The van der Waals surface area contributed by atoms with E-state index in [1.54, 1.807) is 0 Å². The largest absolute Gasteiger partial charge is 0.504 e. The molecule has 0 saturated carbocycles. The molecule has 0 saturated heterocycles. The highest BCUT2D eigenvalue weighted by molar-refractivity contribution is 6.32. The number of halogens is 3. The van der Waals surface area contributed by atoms with Gasteiger partial charge in [0.2, 0.25) is 0 Å². The third-order valence-corrected chi connectivity index (χ3v) is 3.83. The molecule has 0 aromatic heterocycles. The molecule has 1 unspecified atom stereocenters. The molecule has 1 heterocycles. The van der Waals surface area contributed by atoms with Gasteiger partial charge in [0.05, 0.1) is 11.1 Å². The summed E-state index contributed by atoms with van der Waals surface area (Å²) in [5, 5.41) is 11.7. The van der Waals surface area contributed by atoms with Crippen LogP contribution in [0.25, 0.3) is 0 Å². The highest BCUT2D eigenvalue weighted by Crippen LogP contribution is 2.28. The second kappa shape index (κ2) is 6.04. The topological polar surface area (TPSA) is 58.6 Å². The maximum atomic E-state index is 13.4. The van der Waals surface area contributed by atoms with Crippen LogP contribution in [0.5, 0.6) is 11.5 Å². The fourth-order valence-electron chi connectivity index (χ4n) is 2.42. The van der Waals surface area contributed by atoms with Crippen molar-refractivity contribution < 1.29 is 23.4 Å². The van der Waals surface area contributed by atoms with Crippen molar-refractivity contribution in [3.63, 3.8) is 0 Å². The fourth-order valence-corrected chi connectivity index (χ4v) is 2.63. The molecule has 0 bridgehead atoms. The van der Waals surface area contributed by atoms with E-state index in [-0.39, 0.29) is 29.1 Å². The van der Waals surface area contributed by atoms with E-state index in [1.807, 2.05) is 0 Å². The summed E-state index contributed by atoms with van der Waals surface area (Å²) in [6, 6.07) is 5.88. The van der Waals surface area contributed by atoms with Crippen molar-refractivity contribution in [2.75, 3.05) is 6.61 Å². The van der Waals surface area contributed by atoms with Gasteiger partial charge < -0.3 is 15.2 Å². The van der Waals surface area contributed by atoms with Crippen molar-refractivity contribution in [2.24, 2.45) is 0 Å². The number of phenolic OH excluding ortho intramolecular Hbond substituents is 1. The number of phenols is 1. The van der Waals surface area contributed by atoms with Crippen LogP contribution in [-0.4, -0.2) is 23.7 Å². The number of rotatable bonds is 2. The van der Waals surface area contributed by atoms with Gasteiger partial charge in [-0.05, 0) is 42.3 Å². The van der Waals surface area contributed by atoms with Crippen LogP contribution in [0.2, 0.25) is 5.02 Å². The SMILES string of the molecule is O=C(NC1COc2ccc(F)cc2C1)c1cc(F)c(O)c(Cl)c1. The Labute approximate surface area is 135 Å². The lowest BCUT2D eigenvalue weighted by molar-refractivity contribution is 0.0915. The first-order valence-electron chi connectivity index (χ1n) is 6.84. The lowest BCUT2D eigenvalue weighted by atomic mass is 10.0. The number of amides is 1. The molecule has 2 N–H and O–H groups in total. The van der Waals surface area contributed by atoms with Gasteiger partial charge in [0.1, 0.15) is 18.2 Å². The molecule has 120 valence electrons. The average Bonchev–Trinajstić information content (AvgIpc) is 2.51. The van der Waals surface area contributed by atoms with Gasteiger partial charge in [-0.2, -0.15) is 0 Å². The molecule has 4 nitrogen and oxygen atoms in total. The number of hydrogen-bond acceptors (Lipinski definition) is 3. The number of hydrogen-bond donors (Lipinski definition) is 2. The highest BCUT2D eigenvalue weighted by Gasteiger charge is 2.23. The van der Waals surface area contributed by atoms with E-state index >= 15 is 0 Å². The lowest BCUT2D eigenvalue weighted by Gasteiger charge is -2.26. The monoisotopic (exact) mass is 339 g/mol. The Kier molecular flexibility index (Phi) is 4.09. The molecule has 1 aliphatic heterocycles. The van der Waals surface area contributed by atoms with Gasteiger partial charge in [-0.25, -0.2) is 8.78 Å². The second-order valence-electron chi connectivity index (χ2n) is 5.23. The molecule has 0 radical (unpaired) electrons. The summed E-state index contributed by atoms with van der Waals surface area (Å²) in [5.41, 5.74) is 0.631. The summed E-state index contributed by atoms with van der Waals surface area (Å²) in [6.07, 6.45) is 0.396. The summed E-state index contributed by atoms with van der Waals surface area (Å²) in [7, 11) is 0. The Morgan fingerprint density at radius 1 is 1.30 bits per heavy atom. The number of fused-ring (bicyclic) bond motifs is 1. The third kappa shape index (κ3) is 3.22. The van der Waals surface area contributed by atoms with E-state index in [4.69, 9.17) is 16.3 Å². The molecule has 2 aromatic rings. The van der Waals surface area contributed by atoms with Gasteiger partial charge in [0.25, 0.3) is 5.91 Å². The zero-order valence-corrected chi connectivity index (χ0v) is 12.5. The molecule has 7 heteroatoms. The smallest absolute Gasteiger partial charge is 0.251 e. The van der Waals surface area contributed by atoms with Crippen molar-refractivity contribution in [2.45, 2.75) is 12.5 Å². The first-order valence-corrected chi connectivity index (χ1v) is 7.22. The average molecular weight is 340 g/mol. The van der Waals surface area contributed by atoms with Crippen LogP contribution in [0.15, 0.2) is 30.3 Å². The fraction of sp³-hybridized carbons (Fsp3) is 0.188. The number of nitrogens with one attached hydrogen (secondary N) is 1. The van der Waals surface area contributed by atoms with Gasteiger partial charge in [-0.15, -0.1) is 0 Å². The van der Waals surface area contributed by atoms with Crippen molar-refractivity contribution in [3.05, 3.63) is 58.1 Å². The quantitative estimate of drug-likeness (QED) is 0.884. The van der Waals surface area contributed by atoms with Crippen LogP contribution < -0.4 is 10.1 Å². The molecule has 1 amide bonds. The van der Waals surface area contributed by atoms with Crippen molar-refractivity contribution in [1.82, 2.24) is 5.32 Å². The third-order valence-electron chi connectivity index (χ3n) is 3.54. The Morgan fingerprint density at radius 2 is 2.09 bits per heavy atom. The van der Waals surface area contributed by atoms with E-state index < -0.39 is 17.5 Å². The molecule has 1 aliphatic rings. The van der Waals surface area contributed by atoms with Crippen LogP contribution >= 0.6 is 11.6 Å². The van der Waals surface area contributed by atoms with Crippen LogP contribution in [-0.2, 0) is 6.42 Å². The summed E-state index contributed by atoms with van der Waals surface area (Å²) in [6.45, 7) is 0.221. The Bertz CT molecular complexity index is 759. The van der Waals surface area contributed by atoms with Crippen LogP contribution in [0.1, 0.15) is 15.9 Å². The molecule has 3 rings (SSSR count). The lowest BCUT2D eigenvalue weighted by Crippen LogP contribution is -2.42. The number of carbonyl (C=O) groups excluding carboxylic acids is 1. The van der Waals surface area contributed by atoms with Crippen LogP contribution in [0.3, 0.4) is 0 Å². The minimum Gasteiger partial charge on any atom is -0.504 e. The van der Waals surface area contributed by atoms with Crippen molar-refractivity contribution in [1.29, 1.82) is 0 Å². The molecule has 23 heavy (non-hydrogen) atoms. The highest BCUT2D eigenvalue weighted by atomic mass is 35.5. The summed E-state index contributed by atoms with van der Waals surface area (Å²) in [5.74, 6) is -2.04. The predicted octanol–water partition coefficient (Wildman–Crippen LogP) is 3.06. The van der Waals surface area contributed by atoms with E-state index in [1.165, 1.54) is 24.3 Å². The van der Waals surface area contributed by atoms with Gasteiger partial charge in [-0.1, -0.05) is 11.6 Å². The summed E-state index contributed by atoms with van der Waals surface area (Å²) in [4.78, 5) is 12.2. The molecule has 0 fully saturated rings. The normalized spacial score (nSPS) is 16.4. The number of benzene rings is 2. The molecule has 1 atom stereocenters. The maximum Gasteiger partial charge on any atom is 0.251 e. The predicted molar refractivity (Wildman–Crippen MR) is 79.9 cm³/mol. The number of ether oxygens (including phenoxy) is 1. The number of carbonyl (C=O) groups is 1. The molecular weight excluding hydrogens is 328 g/mol. The van der Waals surface area contributed by atoms with Gasteiger partial charge in [0.15, 0.2) is 11.6 Å². The summed E-state index contributed by atoms with van der Waals surface area (Å²) >= 11 is 5.65. The van der Waals surface area contributed by atoms with E-state index in [0.29, 0.717) is 17.7 Å². The Morgan fingerprint density at radius 3 is 2.83 bits per heavy atom. The van der Waals surface area contributed by atoms with Gasteiger partial charge >= 0.3 is 0 Å². The minimum absolute atomic E-state index is 0.0182. The Balaban J connectivity index is 1.74. The molecule has 0 spiro atoms. The van der Waals surface area contributed by atoms with Crippen LogP contribution in [0.4, 0.5) is 8.78 Å². The second-order valence-corrected chi connectivity index (χ2v) is 5.63. The number of aromatic hydroxyl groups is 1. The molecule has 0 aliphatic carbocycles. The zero-order valence-electron chi connectivity index (χ0n) is 11.8. The van der Waals surface area contributed by atoms with E-state index in [2.05, 4.69) is 5.32 Å². The van der Waals surface area contributed by atoms with E-state index in [9.17, 15) is 18.7 Å². The zero-order chi connectivity index (χ0) is 16.6. The minimum atomic E-state index is -0.977.